The third kappa shape index (κ3) is 4.20. The summed E-state index contributed by atoms with van der Waals surface area (Å²) in [7, 11) is 1.62. The number of likely N-dealkylation sites (tertiary alicyclic amines) is 2. The van der Waals surface area contributed by atoms with Crippen LogP contribution >= 0.6 is 0 Å². The number of para-hydroxylation sites is 1. The van der Waals surface area contributed by atoms with Crippen LogP contribution in [-0.2, 0) is 11.2 Å². The van der Waals surface area contributed by atoms with Crippen molar-refractivity contribution in [2.45, 2.75) is 44.9 Å². The maximum atomic E-state index is 12.8. The van der Waals surface area contributed by atoms with Crippen LogP contribution in [-0.4, -0.2) is 59.9 Å². The fraction of sp³-hybridized carbons (Fsp3) is 0.522. The van der Waals surface area contributed by atoms with Crippen LogP contribution in [0.1, 0.15) is 59.3 Å². The number of hydrogen-bond donors (Lipinski definition) is 0. The summed E-state index contributed by atoms with van der Waals surface area (Å²) in [5.41, 5.74) is 1.35. The van der Waals surface area contributed by atoms with E-state index >= 15 is 0 Å². The van der Waals surface area contributed by atoms with Gasteiger partial charge in [0.15, 0.2) is 11.6 Å². The molecule has 0 spiro atoms. The Bertz CT molecular complexity index is 909. The van der Waals surface area contributed by atoms with Crippen LogP contribution in [0.4, 0.5) is 0 Å². The molecule has 0 atom stereocenters. The highest BCUT2D eigenvalue weighted by Gasteiger charge is 2.30. The van der Waals surface area contributed by atoms with Gasteiger partial charge in [-0.05, 0) is 38.7 Å². The molecule has 0 unspecified atom stereocenters. The molecule has 160 valence electrons. The van der Waals surface area contributed by atoms with E-state index in [1.807, 2.05) is 41.0 Å². The summed E-state index contributed by atoms with van der Waals surface area (Å²) in [5, 5.41) is 0. The molecule has 0 aliphatic carbocycles. The Morgan fingerprint density at radius 1 is 1.10 bits per heavy atom. The molecule has 3 heterocycles. The Morgan fingerprint density at radius 3 is 2.50 bits per heavy atom. The van der Waals surface area contributed by atoms with E-state index < -0.39 is 0 Å². The Kier molecular flexibility index (Phi) is 6.06. The summed E-state index contributed by atoms with van der Waals surface area (Å²) >= 11 is 0. The van der Waals surface area contributed by atoms with E-state index in [0.717, 1.165) is 50.1 Å². The predicted molar refractivity (Wildman–Crippen MR) is 112 cm³/mol. The van der Waals surface area contributed by atoms with E-state index in [4.69, 9.17) is 9.15 Å². The van der Waals surface area contributed by atoms with Gasteiger partial charge >= 0.3 is 0 Å². The lowest BCUT2D eigenvalue weighted by atomic mass is 9.96. The molecule has 1 aromatic heterocycles. The number of nitrogens with zero attached hydrogens (tertiary/aromatic N) is 3. The van der Waals surface area contributed by atoms with Crippen molar-refractivity contribution in [1.29, 1.82) is 0 Å². The number of methoxy groups -OCH3 is 1. The first-order valence-electron chi connectivity index (χ1n) is 10.7. The van der Waals surface area contributed by atoms with Gasteiger partial charge < -0.3 is 19.0 Å². The molecule has 2 fully saturated rings. The number of carbonyl (C=O) groups excluding carboxylic acids is 2. The summed E-state index contributed by atoms with van der Waals surface area (Å²) in [6.07, 6.45) is 4.01. The fourth-order valence-electron chi connectivity index (χ4n) is 4.36. The van der Waals surface area contributed by atoms with E-state index in [0.29, 0.717) is 36.9 Å². The minimum atomic E-state index is -0.0237. The number of benzene rings is 1. The lowest BCUT2D eigenvalue weighted by molar-refractivity contribution is -0.131. The van der Waals surface area contributed by atoms with Gasteiger partial charge in [-0.15, -0.1) is 0 Å². The molecule has 7 nitrogen and oxygen atoms in total. The van der Waals surface area contributed by atoms with E-state index in [1.165, 1.54) is 0 Å². The molecule has 0 N–H and O–H groups in total. The van der Waals surface area contributed by atoms with Crippen molar-refractivity contribution in [2.24, 2.45) is 0 Å². The molecule has 1 aromatic carbocycles. The highest BCUT2D eigenvalue weighted by molar-refractivity contribution is 5.93. The zero-order valence-corrected chi connectivity index (χ0v) is 17.7. The van der Waals surface area contributed by atoms with Gasteiger partial charge in [0, 0.05) is 37.7 Å². The topological polar surface area (TPSA) is 75.9 Å². The molecule has 0 bridgehead atoms. The smallest absolute Gasteiger partial charge is 0.276 e. The monoisotopic (exact) mass is 411 g/mol. The molecule has 2 aromatic rings. The maximum Gasteiger partial charge on any atom is 0.276 e. The Morgan fingerprint density at radius 2 is 1.80 bits per heavy atom. The van der Waals surface area contributed by atoms with E-state index in [1.54, 1.807) is 7.11 Å². The van der Waals surface area contributed by atoms with Crippen molar-refractivity contribution in [3.8, 4) is 5.75 Å². The summed E-state index contributed by atoms with van der Waals surface area (Å²) in [6.45, 7) is 4.73. The molecule has 2 aliphatic rings. The highest BCUT2D eigenvalue weighted by Crippen LogP contribution is 2.30. The molecule has 30 heavy (non-hydrogen) atoms. The lowest BCUT2D eigenvalue weighted by Crippen LogP contribution is -2.38. The largest absolute Gasteiger partial charge is 0.496 e. The van der Waals surface area contributed by atoms with E-state index in [-0.39, 0.29) is 17.7 Å². The molecule has 2 saturated heterocycles. The first-order valence-corrected chi connectivity index (χ1v) is 10.7. The van der Waals surface area contributed by atoms with E-state index in [9.17, 15) is 9.59 Å². The second kappa shape index (κ2) is 8.90. The highest BCUT2D eigenvalue weighted by atomic mass is 16.5. The average Bonchev–Trinajstić information content (AvgIpc) is 3.44. The van der Waals surface area contributed by atoms with Crippen LogP contribution in [0.3, 0.4) is 0 Å². The molecule has 0 saturated carbocycles. The minimum absolute atomic E-state index is 0.0237. The van der Waals surface area contributed by atoms with Gasteiger partial charge in [-0.25, -0.2) is 4.98 Å². The SMILES string of the molecule is COc1ccccc1CC(=O)N1CCC(c2nc(C(=O)N3CCCC3)c(C)o2)CC1. The first-order chi connectivity index (χ1) is 14.6. The van der Waals surface area contributed by atoms with Gasteiger partial charge in [-0.3, -0.25) is 9.59 Å². The third-order valence-corrected chi connectivity index (χ3v) is 6.14. The van der Waals surface area contributed by atoms with Gasteiger partial charge in [0.25, 0.3) is 5.91 Å². The summed E-state index contributed by atoms with van der Waals surface area (Å²) < 4.78 is 11.2. The van der Waals surface area contributed by atoms with Crippen LogP contribution in [0.15, 0.2) is 28.7 Å². The maximum absolute atomic E-state index is 12.8. The molecule has 4 rings (SSSR count). The average molecular weight is 412 g/mol. The first kappa shape index (κ1) is 20.4. The number of carbonyl (C=O) groups is 2. The Labute approximate surface area is 177 Å². The zero-order chi connectivity index (χ0) is 21.1. The summed E-state index contributed by atoms with van der Waals surface area (Å²) in [6, 6.07) is 7.63. The fourth-order valence-corrected chi connectivity index (χ4v) is 4.36. The van der Waals surface area contributed by atoms with Crippen molar-refractivity contribution in [3.05, 3.63) is 47.2 Å². The number of hydrogen-bond acceptors (Lipinski definition) is 5. The van der Waals surface area contributed by atoms with E-state index in [2.05, 4.69) is 4.98 Å². The number of piperidine rings is 1. The van der Waals surface area contributed by atoms with Gasteiger partial charge in [-0.1, -0.05) is 18.2 Å². The van der Waals surface area contributed by atoms with Crippen LogP contribution in [0.5, 0.6) is 5.75 Å². The second-order valence-electron chi connectivity index (χ2n) is 8.10. The predicted octanol–water partition coefficient (Wildman–Crippen LogP) is 3.18. The lowest BCUT2D eigenvalue weighted by Gasteiger charge is -2.30. The normalized spacial score (nSPS) is 17.4. The Balaban J connectivity index is 1.36. The summed E-state index contributed by atoms with van der Waals surface area (Å²) in [4.78, 5) is 33.7. The standard InChI is InChI=1S/C23H29N3O4/c1-16-21(23(28)26-11-5-6-12-26)24-22(30-16)17-9-13-25(14-10-17)20(27)15-18-7-3-4-8-19(18)29-2/h3-4,7-8,17H,5-6,9-15H2,1-2H3. The minimum Gasteiger partial charge on any atom is -0.496 e. The number of oxazole rings is 1. The number of rotatable bonds is 5. The molecular weight excluding hydrogens is 382 g/mol. The van der Waals surface area contributed by atoms with Crippen LogP contribution in [0, 0.1) is 6.92 Å². The van der Waals surface area contributed by atoms with Crippen molar-refractivity contribution in [3.63, 3.8) is 0 Å². The van der Waals surface area contributed by atoms with Crippen molar-refractivity contribution < 1.29 is 18.7 Å². The molecular formula is C23H29N3O4. The molecule has 7 heteroatoms. The van der Waals surface area contributed by atoms with Crippen LogP contribution in [0.25, 0.3) is 0 Å². The molecule has 0 radical (unpaired) electrons. The molecule has 2 amide bonds. The summed E-state index contributed by atoms with van der Waals surface area (Å²) in [5.74, 6) is 2.18. The second-order valence-corrected chi connectivity index (χ2v) is 8.10. The number of ether oxygens (including phenoxy) is 1. The van der Waals surface area contributed by atoms with Crippen molar-refractivity contribution in [1.82, 2.24) is 14.8 Å². The number of aryl methyl sites for hydroxylation is 1. The van der Waals surface area contributed by atoms with Gasteiger partial charge in [-0.2, -0.15) is 0 Å². The van der Waals surface area contributed by atoms with Gasteiger partial charge in [0.2, 0.25) is 5.91 Å². The number of aromatic nitrogens is 1. The van der Waals surface area contributed by atoms with Crippen molar-refractivity contribution in [2.75, 3.05) is 33.3 Å². The zero-order valence-electron chi connectivity index (χ0n) is 17.7. The van der Waals surface area contributed by atoms with Gasteiger partial charge in [0.05, 0.1) is 13.5 Å². The number of amides is 2. The third-order valence-electron chi connectivity index (χ3n) is 6.14. The Hall–Kier alpha value is -2.83. The molecule has 2 aliphatic heterocycles. The quantitative estimate of drug-likeness (QED) is 0.755. The van der Waals surface area contributed by atoms with Crippen LogP contribution in [0.2, 0.25) is 0 Å². The van der Waals surface area contributed by atoms with Gasteiger partial charge in [0.1, 0.15) is 11.5 Å². The van der Waals surface area contributed by atoms with Crippen LogP contribution < -0.4 is 4.74 Å². The van der Waals surface area contributed by atoms with Crippen molar-refractivity contribution >= 4 is 11.8 Å².